The molecule has 0 atom stereocenters. The summed E-state index contributed by atoms with van der Waals surface area (Å²) in [6.07, 6.45) is 0. The number of thioether (sulfide) groups is 1. The summed E-state index contributed by atoms with van der Waals surface area (Å²) >= 11 is 1.79. The van der Waals surface area contributed by atoms with Gasteiger partial charge in [-0.2, -0.15) is 0 Å². The van der Waals surface area contributed by atoms with Gasteiger partial charge in [-0.05, 0) is 36.4 Å². The molecule has 0 unspecified atom stereocenters. The molecule has 0 aliphatic carbocycles. The number of carbonyl (C=O) groups excluding carboxylic acids is 1. The average molecular weight is 270 g/mol. The zero-order valence-corrected chi connectivity index (χ0v) is 11.2. The molecule has 0 saturated carbocycles. The van der Waals surface area contributed by atoms with E-state index in [2.05, 4.69) is 6.07 Å². The van der Waals surface area contributed by atoms with Crippen molar-refractivity contribution in [1.82, 2.24) is 0 Å². The van der Waals surface area contributed by atoms with Crippen molar-refractivity contribution >= 4 is 29.0 Å². The number of benzene rings is 2. The number of anilines is 2. The lowest BCUT2D eigenvalue weighted by molar-refractivity contribution is 0.0987. The first kappa shape index (κ1) is 12.1. The molecule has 96 valence electrons. The standard InChI is InChI=1S/C15H14N2OS/c16-12-7-5-11(6-8-12)15(18)17-9-10-19-14-4-2-1-3-13(14)17/h1-8H,9-10,16H2. The number of amides is 1. The molecular formula is C15H14N2OS. The van der Waals surface area contributed by atoms with E-state index in [-0.39, 0.29) is 5.91 Å². The normalized spacial score (nSPS) is 14.0. The first-order chi connectivity index (χ1) is 9.25. The predicted octanol–water partition coefficient (Wildman–Crippen LogP) is 3.02. The van der Waals surface area contributed by atoms with Gasteiger partial charge in [0, 0.05) is 28.4 Å². The van der Waals surface area contributed by atoms with Crippen LogP contribution in [0.2, 0.25) is 0 Å². The second-order valence-corrected chi connectivity index (χ2v) is 5.53. The molecule has 1 aliphatic rings. The van der Waals surface area contributed by atoms with E-state index in [0.29, 0.717) is 11.3 Å². The maximum absolute atomic E-state index is 12.5. The van der Waals surface area contributed by atoms with Crippen molar-refractivity contribution in [3.63, 3.8) is 0 Å². The molecule has 0 spiro atoms. The number of nitrogens with zero attached hydrogens (tertiary/aromatic N) is 1. The second-order valence-electron chi connectivity index (χ2n) is 4.39. The number of fused-ring (bicyclic) bond motifs is 1. The van der Waals surface area contributed by atoms with Crippen LogP contribution in [0.1, 0.15) is 10.4 Å². The number of nitrogens with two attached hydrogens (primary N) is 1. The number of nitrogen functional groups attached to an aromatic ring is 1. The zero-order valence-electron chi connectivity index (χ0n) is 10.4. The topological polar surface area (TPSA) is 46.3 Å². The molecule has 0 radical (unpaired) electrons. The lowest BCUT2D eigenvalue weighted by atomic mass is 10.1. The Morgan fingerprint density at radius 1 is 1.11 bits per heavy atom. The molecule has 0 aromatic heterocycles. The lowest BCUT2D eigenvalue weighted by Crippen LogP contribution is -2.35. The average Bonchev–Trinajstić information content (AvgIpc) is 2.47. The summed E-state index contributed by atoms with van der Waals surface area (Å²) < 4.78 is 0. The van der Waals surface area contributed by atoms with Gasteiger partial charge in [0.25, 0.3) is 5.91 Å². The molecule has 1 amide bonds. The van der Waals surface area contributed by atoms with Gasteiger partial charge in [0.1, 0.15) is 0 Å². The van der Waals surface area contributed by atoms with E-state index in [1.807, 2.05) is 23.1 Å². The molecule has 3 rings (SSSR count). The van der Waals surface area contributed by atoms with Gasteiger partial charge in [-0.3, -0.25) is 4.79 Å². The number of carbonyl (C=O) groups is 1. The smallest absolute Gasteiger partial charge is 0.258 e. The molecule has 0 fully saturated rings. The summed E-state index contributed by atoms with van der Waals surface area (Å²) in [4.78, 5) is 15.6. The predicted molar refractivity (Wildman–Crippen MR) is 79.7 cm³/mol. The van der Waals surface area contributed by atoms with Crippen molar-refractivity contribution in [1.29, 1.82) is 0 Å². The number of hydrogen-bond donors (Lipinski definition) is 1. The molecule has 19 heavy (non-hydrogen) atoms. The zero-order chi connectivity index (χ0) is 13.2. The van der Waals surface area contributed by atoms with Gasteiger partial charge >= 0.3 is 0 Å². The van der Waals surface area contributed by atoms with Crippen LogP contribution in [-0.4, -0.2) is 18.2 Å². The van der Waals surface area contributed by atoms with E-state index in [9.17, 15) is 4.79 Å². The molecule has 4 heteroatoms. The fourth-order valence-corrected chi connectivity index (χ4v) is 3.16. The van der Waals surface area contributed by atoms with E-state index in [1.165, 1.54) is 0 Å². The minimum atomic E-state index is 0.0350. The Kier molecular flexibility index (Phi) is 3.17. The van der Waals surface area contributed by atoms with Gasteiger partial charge in [0.2, 0.25) is 0 Å². The molecule has 2 aromatic carbocycles. The fourth-order valence-electron chi connectivity index (χ4n) is 2.16. The van der Waals surface area contributed by atoms with Crippen molar-refractivity contribution in [3.8, 4) is 0 Å². The van der Waals surface area contributed by atoms with Crippen LogP contribution in [0.25, 0.3) is 0 Å². The molecule has 2 aromatic rings. The Labute approximate surface area is 116 Å². The van der Waals surface area contributed by atoms with E-state index >= 15 is 0 Å². The quantitative estimate of drug-likeness (QED) is 0.810. The first-order valence-corrected chi connectivity index (χ1v) is 7.13. The van der Waals surface area contributed by atoms with Crippen LogP contribution >= 0.6 is 11.8 Å². The van der Waals surface area contributed by atoms with Crippen LogP contribution in [-0.2, 0) is 0 Å². The highest BCUT2D eigenvalue weighted by Crippen LogP contribution is 2.35. The highest BCUT2D eigenvalue weighted by Gasteiger charge is 2.23. The third kappa shape index (κ3) is 2.31. The molecule has 0 saturated heterocycles. The van der Waals surface area contributed by atoms with E-state index < -0.39 is 0 Å². The summed E-state index contributed by atoms with van der Waals surface area (Å²) in [5, 5.41) is 0. The van der Waals surface area contributed by atoms with Gasteiger partial charge in [0.05, 0.1) is 5.69 Å². The van der Waals surface area contributed by atoms with Crippen LogP contribution in [0.4, 0.5) is 11.4 Å². The molecule has 1 heterocycles. The van der Waals surface area contributed by atoms with Crippen LogP contribution in [0.15, 0.2) is 53.4 Å². The number of para-hydroxylation sites is 1. The van der Waals surface area contributed by atoms with Crippen molar-refractivity contribution in [3.05, 3.63) is 54.1 Å². The SMILES string of the molecule is Nc1ccc(C(=O)N2CCSc3ccccc32)cc1. The molecule has 2 N–H and O–H groups in total. The highest BCUT2D eigenvalue weighted by atomic mass is 32.2. The van der Waals surface area contributed by atoms with Crippen molar-refractivity contribution < 1.29 is 4.79 Å². The van der Waals surface area contributed by atoms with Gasteiger partial charge in [0.15, 0.2) is 0 Å². The monoisotopic (exact) mass is 270 g/mol. The van der Waals surface area contributed by atoms with Gasteiger partial charge in [-0.15, -0.1) is 11.8 Å². The summed E-state index contributed by atoms with van der Waals surface area (Å²) in [7, 11) is 0. The maximum Gasteiger partial charge on any atom is 0.258 e. The number of rotatable bonds is 1. The van der Waals surface area contributed by atoms with E-state index in [1.54, 1.807) is 36.0 Å². The fraction of sp³-hybridized carbons (Fsp3) is 0.133. The van der Waals surface area contributed by atoms with Gasteiger partial charge in [-0.25, -0.2) is 0 Å². The minimum Gasteiger partial charge on any atom is -0.399 e. The Morgan fingerprint density at radius 3 is 2.63 bits per heavy atom. The minimum absolute atomic E-state index is 0.0350. The summed E-state index contributed by atoms with van der Waals surface area (Å²) in [6, 6.07) is 15.1. The molecule has 1 aliphatic heterocycles. The van der Waals surface area contributed by atoms with Crippen molar-refractivity contribution in [2.24, 2.45) is 0 Å². The Balaban J connectivity index is 1.95. The molecule has 0 bridgehead atoms. The van der Waals surface area contributed by atoms with Crippen LogP contribution in [0.5, 0.6) is 0 Å². The third-order valence-electron chi connectivity index (χ3n) is 3.13. The summed E-state index contributed by atoms with van der Waals surface area (Å²) in [5.74, 6) is 0.963. The van der Waals surface area contributed by atoms with Crippen molar-refractivity contribution in [2.45, 2.75) is 4.90 Å². The second kappa shape index (κ2) is 4.97. The summed E-state index contributed by atoms with van der Waals surface area (Å²) in [5.41, 5.74) is 8.00. The summed E-state index contributed by atoms with van der Waals surface area (Å²) in [6.45, 7) is 0.741. The van der Waals surface area contributed by atoms with Gasteiger partial charge < -0.3 is 10.6 Å². The van der Waals surface area contributed by atoms with Crippen molar-refractivity contribution in [2.75, 3.05) is 22.9 Å². The van der Waals surface area contributed by atoms with E-state index in [0.717, 1.165) is 22.9 Å². The lowest BCUT2D eigenvalue weighted by Gasteiger charge is -2.29. The highest BCUT2D eigenvalue weighted by molar-refractivity contribution is 7.99. The first-order valence-electron chi connectivity index (χ1n) is 6.15. The molecular weight excluding hydrogens is 256 g/mol. The van der Waals surface area contributed by atoms with Crippen LogP contribution in [0.3, 0.4) is 0 Å². The number of hydrogen-bond acceptors (Lipinski definition) is 3. The Hall–Kier alpha value is -1.94. The Morgan fingerprint density at radius 2 is 1.84 bits per heavy atom. The van der Waals surface area contributed by atoms with Gasteiger partial charge in [-0.1, -0.05) is 12.1 Å². The molecule has 3 nitrogen and oxygen atoms in total. The van der Waals surface area contributed by atoms with Crippen LogP contribution < -0.4 is 10.6 Å². The van der Waals surface area contributed by atoms with Crippen LogP contribution in [0, 0.1) is 0 Å². The van der Waals surface area contributed by atoms with E-state index in [4.69, 9.17) is 5.73 Å². The Bertz CT molecular complexity index is 610. The third-order valence-corrected chi connectivity index (χ3v) is 4.17. The largest absolute Gasteiger partial charge is 0.399 e. The maximum atomic E-state index is 12.5.